The molecule has 2 heterocycles. The fraction of sp³-hybridized carbons (Fsp3) is 0.111. The van der Waals surface area contributed by atoms with E-state index >= 15 is 0 Å². The van der Waals surface area contributed by atoms with Crippen molar-refractivity contribution < 1.29 is 4.79 Å². The van der Waals surface area contributed by atoms with Gasteiger partial charge in [-0.05, 0) is 43.2 Å². The van der Waals surface area contributed by atoms with Crippen molar-refractivity contribution in [2.45, 2.75) is 13.8 Å². The molecule has 0 saturated carbocycles. The monoisotopic (exact) mass is 291 g/mol. The summed E-state index contributed by atoms with van der Waals surface area (Å²) in [4.78, 5) is 13.7. The van der Waals surface area contributed by atoms with Crippen LogP contribution < -0.4 is 0 Å². The molecule has 0 amide bonds. The number of rotatable bonds is 1. The van der Waals surface area contributed by atoms with Crippen molar-refractivity contribution >= 4 is 28.1 Å². The molecule has 0 aliphatic rings. The maximum Gasteiger partial charge on any atom is 0.168 e. The molecule has 0 unspecified atom stereocenters. The number of nitrogens with zero attached hydrogens (tertiary/aromatic N) is 1. The Kier molecular flexibility index (Phi) is 3.74. The van der Waals surface area contributed by atoms with Crippen molar-refractivity contribution in [2.24, 2.45) is 0 Å². The van der Waals surface area contributed by atoms with E-state index in [2.05, 4.69) is 46.4 Å². The van der Waals surface area contributed by atoms with Gasteiger partial charge in [0, 0.05) is 22.5 Å². The number of nitrogens with one attached hydrogen (secondary N) is 2. The number of aldehydes is 1. The van der Waals surface area contributed by atoms with Crippen molar-refractivity contribution in [3.63, 3.8) is 0 Å². The second-order valence-corrected chi connectivity index (χ2v) is 5.24. The summed E-state index contributed by atoms with van der Waals surface area (Å²) in [6.07, 6.45) is 2.76. The molecule has 0 fully saturated rings. The van der Waals surface area contributed by atoms with Gasteiger partial charge < -0.3 is 4.98 Å². The summed E-state index contributed by atoms with van der Waals surface area (Å²) in [5.41, 5.74) is 5.03. The number of aromatic nitrogens is 3. The van der Waals surface area contributed by atoms with Crippen molar-refractivity contribution in [3.05, 3.63) is 65.5 Å². The number of benzene rings is 2. The van der Waals surface area contributed by atoms with Crippen LogP contribution in [0.3, 0.4) is 0 Å². The highest BCUT2D eigenvalue weighted by Gasteiger charge is 2.05. The third kappa shape index (κ3) is 2.51. The Labute approximate surface area is 128 Å². The van der Waals surface area contributed by atoms with Gasteiger partial charge in [-0.15, -0.1) is 0 Å². The predicted molar refractivity (Wildman–Crippen MR) is 89.3 cm³/mol. The van der Waals surface area contributed by atoms with E-state index in [4.69, 9.17) is 0 Å². The minimum atomic E-state index is 0.558. The Bertz CT molecular complexity index is 934. The maximum atomic E-state index is 10.6. The van der Waals surface area contributed by atoms with E-state index in [1.807, 2.05) is 31.3 Å². The summed E-state index contributed by atoms with van der Waals surface area (Å²) < 4.78 is 0. The van der Waals surface area contributed by atoms with Crippen LogP contribution >= 0.6 is 0 Å². The number of aryl methyl sites for hydroxylation is 2. The molecule has 0 spiro atoms. The van der Waals surface area contributed by atoms with Crippen molar-refractivity contribution in [3.8, 4) is 0 Å². The first-order chi connectivity index (χ1) is 10.7. The first-order valence-electron chi connectivity index (χ1n) is 7.12. The summed E-state index contributed by atoms with van der Waals surface area (Å²) in [6, 6.07) is 14.1. The van der Waals surface area contributed by atoms with Crippen LogP contribution in [0.2, 0.25) is 0 Å². The lowest BCUT2D eigenvalue weighted by Crippen LogP contribution is -1.81. The zero-order chi connectivity index (χ0) is 15.5. The van der Waals surface area contributed by atoms with E-state index in [0.717, 1.165) is 22.8 Å². The summed E-state index contributed by atoms with van der Waals surface area (Å²) in [6.45, 7) is 4.08. The second kappa shape index (κ2) is 5.85. The van der Waals surface area contributed by atoms with E-state index < -0.39 is 0 Å². The Balaban J connectivity index is 0.000000133. The number of hydrogen-bond donors (Lipinski definition) is 2. The number of hydrogen-bond acceptors (Lipinski definition) is 2. The molecule has 0 bridgehead atoms. The standard InChI is InChI=1S/C9H8N2O.C9H9N/c1-6-3-2-4-7-9(6)8(5-12)11-10-7;1-7-3-2-4-9-8(7)5-6-10-9/h2-5H,1H3,(H,10,11);2-6,10H,1H3. The van der Waals surface area contributed by atoms with Gasteiger partial charge >= 0.3 is 0 Å². The average Bonchev–Trinajstić information content (AvgIpc) is 3.15. The molecule has 0 atom stereocenters. The molecule has 0 saturated heterocycles. The van der Waals surface area contributed by atoms with E-state index in [-0.39, 0.29) is 0 Å². The first kappa shape index (κ1) is 14.1. The van der Waals surface area contributed by atoms with Crippen LogP contribution in [0, 0.1) is 13.8 Å². The van der Waals surface area contributed by atoms with Gasteiger partial charge in [0.2, 0.25) is 0 Å². The Hall–Kier alpha value is -2.88. The highest BCUT2D eigenvalue weighted by Crippen LogP contribution is 2.18. The first-order valence-corrected chi connectivity index (χ1v) is 7.12. The maximum absolute atomic E-state index is 10.6. The van der Waals surface area contributed by atoms with Crippen LogP contribution in [0.4, 0.5) is 0 Å². The molecule has 2 aromatic heterocycles. The lowest BCUT2D eigenvalue weighted by molar-refractivity contribution is 0.112. The molecule has 4 nitrogen and oxygen atoms in total. The molecule has 22 heavy (non-hydrogen) atoms. The van der Waals surface area contributed by atoms with Crippen LogP contribution in [-0.4, -0.2) is 21.5 Å². The van der Waals surface area contributed by atoms with Gasteiger partial charge in [-0.3, -0.25) is 9.89 Å². The molecule has 2 aromatic carbocycles. The average molecular weight is 291 g/mol. The lowest BCUT2D eigenvalue weighted by atomic mass is 10.1. The van der Waals surface area contributed by atoms with Crippen molar-refractivity contribution in [1.29, 1.82) is 0 Å². The summed E-state index contributed by atoms with van der Waals surface area (Å²) in [7, 11) is 0. The third-order valence-corrected chi connectivity index (χ3v) is 3.75. The minimum Gasteiger partial charge on any atom is -0.361 e. The topological polar surface area (TPSA) is 61.5 Å². The Morgan fingerprint density at radius 3 is 2.55 bits per heavy atom. The third-order valence-electron chi connectivity index (χ3n) is 3.75. The van der Waals surface area contributed by atoms with E-state index in [9.17, 15) is 4.79 Å². The molecular weight excluding hydrogens is 274 g/mol. The predicted octanol–water partition coefficient (Wildman–Crippen LogP) is 4.16. The van der Waals surface area contributed by atoms with Crippen molar-refractivity contribution in [2.75, 3.05) is 0 Å². The fourth-order valence-electron chi connectivity index (χ4n) is 2.60. The van der Waals surface area contributed by atoms with E-state index in [0.29, 0.717) is 5.69 Å². The number of carbonyl (C=O) groups is 1. The lowest BCUT2D eigenvalue weighted by Gasteiger charge is -1.92. The second-order valence-electron chi connectivity index (χ2n) is 5.24. The van der Waals surface area contributed by atoms with Gasteiger partial charge in [0.05, 0.1) is 5.52 Å². The highest BCUT2D eigenvalue weighted by atomic mass is 16.1. The Morgan fingerprint density at radius 1 is 1.00 bits per heavy atom. The van der Waals surface area contributed by atoms with Crippen molar-refractivity contribution in [1.82, 2.24) is 15.2 Å². The van der Waals surface area contributed by atoms with Gasteiger partial charge in [0.15, 0.2) is 6.29 Å². The molecule has 4 aromatic rings. The minimum absolute atomic E-state index is 0.558. The SMILES string of the molecule is Cc1cccc2[nH]ccc12.Cc1cccc2n[nH]c(C=O)c12. The summed E-state index contributed by atoms with van der Waals surface area (Å²) in [5, 5.41) is 8.93. The molecular formula is C18H17N3O. The number of fused-ring (bicyclic) bond motifs is 2. The van der Waals surface area contributed by atoms with E-state index in [1.54, 1.807) is 0 Å². The van der Waals surface area contributed by atoms with Crippen LogP contribution in [0.25, 0.3) is 21.8 Å². The molecule has 0 aliphatic carbocycles. The van der Waals surface area contributed by atoms with Crippen LogP contribution in [-0.2, 0) is 0 Å². The summed E-state index contributed by atoms with van der Waals surface area (Å²) >= 11 is 0. The molecule has 0 aliphatic heterocycles. The van der Waals surface area contributed by atoms with Crippen LogP contribution in [0.5, 0.6) is 0 Å². The van der Waals surface area contributed by atoms with Crippen LogP contribution in [0.15, 0.2) is 48.7 Å². The van der Waals surface area contributed by atoms with Gasteiger partial charge in [0.25, 0.3) is 0 Å². The quantitative estimate of drug-likeness (QED) is 0.517. The molecule has 110 valence electrons. The Morgan fingerprint density at radius 2 is 1.77 bits per heavy atom. The van der Waals surface area contributed by atoms with Gasteiger partial charge in [-0.1, -0.05) is 24.3 Å². The van der Waals surface area contributed by atoms with Crippen LogP contribution in [0.1, 0.15) is 21.6 Å². The fourth-order valence-corrected chi connectivity index (χ4v) is 2.60. The van der Waals surface area contributed by atoms with Gasteiger partial charge in [-0.2, -0.15) is 5.10 Å². The highest BCUT2D eigenvalue weighted by molar-refractivity contribution is 5.96. The number of H-pyrrole nitrogens is 2. The summed E-state index contributed by atoms with van der Waals surface area (Å²) in [5.74, 6) is 0. The zero-order valence-electron chi connectivity index (χ0n) is 12.6. The molecule has 4 heteroatoms. The zero-order valence-corrected chi connectivity index (χ0v) is 12.6. The van der Waals surface area contributed by atoms with Gasteiger partial charge in [0.1, 0.15) is 5.69 Å². The molecule has 4 rings (SSSR count). The van der Waals surface area contributed by atoms with Gasteiger partial charge in [-0.25, -0.2) is 0 Å². The molecule has 0 radical (unpaired) electrons. The molecule has 2 N–H and O–H groups in total. The smallest absolute Gasteiger partial charge is 0.168 e. The van der Waals surface area contributed by atoms with E-state index in [1.165, 1.54) is 16.5 Å². The number of carbonyl (C=O) groups excluding carboxylic acids is 1. The number of aromatic amines is 2. The normalized spacial score (nSPS) is 10.5. The largest absolute Gasteiger partial charge is 0.361 e.